The molecule has 0 saturated heterocycles. The lowest BCUT2D eigenvalue weighted by Crippen LogP contribution is -2.45. The molecule has 6 heteroatoms. The van der Waals surface area contributed by atoms with Crippen LogP contribution in [0.3, 0.4) is 0 Å². The first-order chi connectivity index (χ1) is 18.6. The monoisotopic (exact) mass is 541 g/mol. The third kappa shape index (κ3) is 6.23. The number of carbonyl (C=O) groups is 1. The van der Waals surface area contributed by atoms with Gasteiger partial charge in [0.25, 0.3) is 0 Å². The van der Waals surface area contributed by atoms with Gasteiger partial charge in [-0.2, -0.15) is 0 Å². The van der Waals surface area contributed by atoms with E-state index < -0.39 is 8.32 Å². The summed E-state index contributed by atoms with van der Waals surface area (Å²) >= 11 is 0. The number of benzene rings is 3. The second-order valence-corrected chi connectivity index (χ2v) is 17.3. The average molecular weight is 542 g/mol. The summed E-state index contributed by atoms with van der Waals surface area (Å²) < 4.78 is 6.78. The Bertz CT molecular complexity index is 1300. The van der Waals surface area contributed by atoms with E-state index in [1.807, 2.05) is 6.07 Å². The standard InChI is InChI=1S/C33H43N3O2Si/c1-33(2,3)39(4,5)38-26-19-18-25-14-11-16-29(28(25)22-26)34-32(37)35-30-20-21-36(23-24-12-7-6-8-13-24)31-17-10-9-15-27(30)31/h6-17,26,30H,18-23H2,1-5H3,(H2,34,35,37). The smallest absolute Gasteiger partial charge is 0.319 e. The van der Waals surface area contributed by atoms with Crippen molar-refractivity contribution < 1.29 is 9.22 Å². The number of rotatable bonds is 6. The van der Waals surface area contributed by atoms with Gasteiger partial charge in [-0.25, -0.2) is 4.79 Å². The normalized spacial score (nSPS) is 19.2. The van der Waals surface area contributed by atoms with Crippen molar-refractivity contribution in [2.45, 2.75) is 83.3 Å². The number of hydrogen-bond acceptors (Lipinski definition) is 3. The Hall–Kier alpha value is -3.09. The Morgan fingerprint density at radius 2 is 1.72 bits per heavy atom. The maximum absolute atomic E-state index is 13.3. The number of nitrogens with zero attached hydrogens (tertiary/aromatic N) is 1. The molecule has 2 amide bonds. The van der Waals surface area contributed by atoms with Gasteiger partial charge in [0.2, 0.25) is 0 Å². The van der Waals surface area contributed by atoms with E-state index in [0.717, 1.165) is 44.5 Å². The third-order valence-electron chi connectivity index (χ3n) is 8.82. The predicted molar refractivity (Wildman–Crippen MR) is 164 cm³/mol. The first-order valence-electron chi connectivity index (χ1n) is 14.3. The lowest BCUT2D eigenvalue weighted by molar-refractivity contribution is 0.165. The minimum atomic E-state index is -1.86. The van der Waals surface area contributed by atoms with E-state index in [0.29, 0.717) is 0 Å². The molecule has 2 N–H and O–H groups in total. The highest BCUT2D eigenvalue weighted by Crippen LogP contribution is 2.40. The van der Waals surface area contributed by atoms with Crippen LogP contribution in [0, 0.1) is 0 Å². The minimum Gasteiger partial charge on any atom is -0.414 e. The van der Waals surface area contributed by atoms with Gasteiger partial charge < -0.3 is 20.0 Å². The van der Waals surface area contributed by atoms with Gasteiger partial charge in [0.15, 0.2) is 8.32 Å². The molecule has 39 heavy (non-hydrogen) atoms. The molecule has 0 aromatic heterocycles. The first-order valence-corrected chi connectivity index (χ1v) is 17.3. The maximum atomic E-state index is 13.3. The Morgan fingerprint density at radius 3 is 2.49 bits per heavy atom. The topological polar surface area (TPSA) is 53.6 Å². The predicted octanol–water partition coefficient (Wildman–Crippen LogP) is 7.84. The molecule has 0 radical (unpaired) electrons. The van der Waals surface area contributed by atoms with E-state index in [2.05, 4.69) is 116 Å². The lowest BCUT2D eigenvalue weighted by atomic mass is 9.88. The molecule has 5 rings (SSSR count). The number of para-hydroxylation sites is 1. The van der Waals surface area contributed by atoms with Crippen molar-refractivity contribution in [1.29, 1.82) is 0 Å². The maximum Gasteiger partial charge on any atom is 0.319 e. The molecular formula is C33H43N3O2Si. The van der Waals surface area contributed by atoms with Crippen LogP contribution < -0.4 is 15.5 Å². The fourth-order valence-electron chi connectivity index (χ4n) is 5.63. The van der Waals surface area contributed by atoms with E-state index in [-0.39, 0.29) is 23.2 Å². The van der Waals surface area contributed by atoms with Crippen LogP contribution >= 0.6 is 0 Å². The van der Waals surface area contributed by atoms with Crippen LogP contribution in [0.2, 0.25) is 18.1 Å². The van der Waals surface area contributed by atoms with Crippen molar-refractivity contribution in [3.63, 3.8) is 0 Å². The zero-order chi connectivity index (χ0) is 27.6. The van der Waals surface area contributed by atoms with Crippen molar-refractivity contribution in [3.05, 3.63) is 95.1 Å². The summed E-state index contributed by atoms with van der Waals surface area (Å²) in [7, 11) is -1.86. The molecule has 2 aliphatic rings. The van der Waals surface area contributed by atoms with Gasteiger partial charge in [-0.05, 0) is 78.2 Å². The molecular weight excluding hydrogens is 498 g/mol. The third-order valence-corrected chi connectivity index (χ3v) is 13.4. The second kappa shape index (κ2) is 11.2. The Kier molecular flexibility index (Phi) is 7.88. The van der Waals surface area contributed by atoms with Crippen molar-refractivity contribution in [3.8, 4) is 0 Å². The van der Waals surface area contributed by atoms with E-state index in [4.69, 9.17) is 4.43 Å². The number of hydrogen-bond donors (Lipinski definition) is 2. The van der Waals surface area contributed by atoms with E-state index >= 15 is 0 Å². The number of fused-ring (bicyclic) bond motifs is 2. The molecule has 2 atom stereocenters. The molecule has 2 unspecified atom stereocenters. The Labute approximate surface area is 235 Å². The van der Waals surface area contributed by atoms with Crippen molar-refractivity contribution in [1.82, 2.24) is 5.32 Å². The van der Waals surface area contributed by atoms with Gasteiger partial charge in [0.05, 0.1) is 6.04 Å². The van der Waals surface area contributed by atoms with Gasteiger partial charge in [-0.3, -0.25) is 0 Å². The molecule has 1 heterocycles. The summed E-state index contributed by atoms with van der Waals surface area (Å²) in [6, 6.07) is 25.1. The summed E-state index contributed by atoms with van der Waals surface area (Å²) in [6.45, 7) is 13.3. The van der Waals surface area contributed by atoms with Crippen LogP contribution in [-0.4, -0.2) is 27.0 Å². The highest BCUT2D eigenvalue weighted by Gasteiger charge is 2.40. The highest BCUT2D eigenvalue weighted by molar-refractivity contribution is 6.74. The van der Waals surface area contributed by atoms with Gasteiger partial charge in [-0.15, -0.1) is 0 Å². The van der Waals surface area contributed by atoms with Gasteiger partial charge in [0, 0.05) is 30.6 Å². The summed E-state index contributed by atoms with van der Waals surface area (Å²) in [5.74, 6) is 0. The van der Waals surface area contributed by atoms with Crippen LogP contribution in [0.4, 0.5) is 16.2 Å². The summed E-state index contributed by atoms with van der Waals surface area (Å²) in [5.41, 5.74) is 7.11. The van der Waals surface area contributed by atoms with E-state index in [1.54, 1.807) is 0 Å². The van der Waals surface area contributed by atoms with Crippen LogP contribution in [0.25, 0.3) is 0 Å². The number of anilines is 2. The zero-order valence-electron chi connectivity index (χ0n) is 24.1. The average Bonchev–Trinajstić information content (AvgIpc) is 2.90. The molecule has 3 aromatic rings. The number of carbonyl (C=O) groups excluding carboxylic acids is 1. The highest BCUT2D eigenvalue weighted by atomic mass is 28.4. The Morgan fingerprint density at radius 1 is 0.974 bits per heavy atom. The van der Waals surface area contributed by atoms with E-state index in [9.17, 15) is 4.79 Å². The summed E-state index contributed by atoms with van der Waals surface area (Å²) in [4.78, 5) is 15.7. The fraction of sp³-hybridized carbons (Fsp3) is 0.424. The van der Waals surface area contributed by atoms with Crippen molar-refractivity contribution in [2.75, 3.05) is 16.8 Å². The summed E-state index contributed by atoms with van der Waals surface area (Å²) in [6.07, 6.45) is 3.93. The number of aryl methyl sites for hydroxylation is 1. The first kappa shape index (κ1) is 27.5. The van der Waals surface area contributed by atoms with Gasteiger partial charge in [0.1, 0.15) is 0 Å². The van der Waals surface area contributed by atoms with Crippen LogP contribution in [-0.2, 0) is 23.8 Å². The fourth-order valence-corrected chi connectivity index (χ4v) is 7.02. The molecule has 206 valence electrons. The van der Waals surface area contributed by atoms with Crippen molar-refractivity contribution >= 4 is 25.7 Å². The van der Waals surface area contributed by atoms with Gasteiger partial charge >= 0.3 is 6.03 Å². The second-order valence-electron chi connectivity index (χ2n) is 12.6. The van der Waals surface area contributed by atoms with E-state index in [1.165, 1.54) is 27.9 Å². The van der Waals surface area contributed by atoms with Gasteiger partial charge in [-0.1, -0.05) is 81.4 Å². The zero-order valence-corrected chi connectivity index (χ0v) is 25.1. The molecule has 1 aliphatic carbocycles. The minimum absolute atomic E-state index is 0.0255. The van der Waals surface area contributed by atoms with Crippen molar-refractivity contribution in [2.24, 2.45) is 0 Å². The lowest BCUT2D eigenvalue weighted by Gasteiger charge is -2.40. The molecule has 1 aliphatic heterocycles. The molecule has 3 aromatic carbocycles. The quantitative estimate of drug-likeness (QED) is 0.313. The molecule has 0 saturated carbocycles. The Balaban J connectivity index is 1.27. The number of amides is 2. The molecule has 0 spiro atoms. The summed E-state index contributed by atoms with van der Waals surface area (Å²) in [5, 5.41) is 6.67. The molecule has 0 bridgehead atoms. The number of nitrogens with one attached hydrogen (secondary N) is 2. The number of urea groups is 1. The van der Waals surface area contributed by atoms with Crippen LogP contribution in [0.15, 0.2) is 72.8 Å². The largest absolute Gasteiger partial charge is 0.414 e. The molecule has 5 nitrogen and oxygen atoms in total. The molecule has 0 fully saturated rings. The van der Waals surface area contributed by atoms with Crippen LogP contribution in [0.5, 0.6) is 0 Å². The van der Waals surface area contributed by atoms with Crippen LogP contribution in [0.1, 0.15) is 61.9 Å². The SMILES string of the molecule is CC(C)(C)[Si](C)(C)OC1CCc2cccc(NC(=O)NC3CCN(Cc4ccccc4)c4ccccc43)c2C1.